The summed E-state index contributed by atoms with van der Waals surface area (Å²) in [5, 5.41) is 17.6. The van der Waals surface area contributed by atoms with Gasteiger partial charge in [0.15, 0.2) is 5.69 Å². The molecule has 2 aromatic heterocycles. The lowest BCUT2D eigenvalue weighted by Crippen LogP contribution is -2.46. The van der Waals surface area contributed by atoms with Gasteiger partial charge in [-0.15, -0.1) is 23.4 Å². The van der Waals surface area contributed by atoms with Crippen LogP contribution in [-0.2, 0) is 37.3 Å². The molecule has 0 aliphatic rings. The second kappa shape index (κ2) is 17.0. The second-order valence-electron chi connectivity index (χ2n) is 13.7. The summed E-state index contributed by atoms with van der Waals surface area (Å²) in [7, 11) is 0. The average Bonchev–Trinajstić information content (AvgIpc) is 3.53. The number of allylic oxidation sites excluding steroid dienone is 1. The Kier molecular flexibility index (Phi) is 13.7. The van der Waals surface area contributed by atoms with Crippen LogP contribution in [0.1, 0.15) is 77.8 Å². The summed E-state index contributed by atoms with van der Waals surface area (Å²) < 4.78 is 115. The zero-order valence-electron chi connectivity index (χ0n) is 30.5. The van der Waals surface area contributed by atoms with Crippen molar-refractivity contribution in [3.8, 4) is 17.5 Å². The molecule has 2 heterocycles. The molecule has 1 aromatic carbocycles. The van der Waals surface area contributed by atoms with Gasteiger partial charge in [0.1, 0.15) is 16.8 Å². The number of halogens is 6. The molecule has 0 radical (unpaired) electrons. The molecule has 0 spiro atoms. The van der Waals surface area contributed by atoms with Crippen LogP contribution in [0.25, 0.3) is 11.6 Å². The molecule has 0 bridgehead atoms. The van der Waals surface area contributed by atoms with Crippen molar-refractivity contribution in [2.45, 2.75) is 103 Å². The van der Waals surface area contributed by atoms with Crippen LogP contribution in [-0.4, -0.2) is 62.6 Å². The molecule has 3 rings (SSSR count). The van der Waals surface area contributed by atoms with Crippen molar-refractivity contribution in [2.24, 2.45) is 0 Å². The number of aromatic nitrogens is 3. The molecule has 1 N–H and O–H groups in total. The van der Waals surface area contributed by atoms with E-state index in [2.05, 4.69) is 28.3 Å². The van der Waals surface area contributed by atoms with Crippen molar-refractivity contribution in [3.63, 3.8) is 0 Å². The maximum absolute atomic E-state index is 15.0. The Labute approximate surface area is 307 Å². The molecule has 296 valence electrons. The standard InChI is InChI=1S/C36H42F6N4O8/c1-9-11-18-34(36(40,41)42,51-20-23-16-13-12-14-17-23)29-45-44-28(52-29)26-25(19-24(27(47)43-26)35(37,38)39)46(30(48)53-32(4,5)6)31(49)54-33(7,8)21-50-22(3)15-10-2/h9-10,12-14,16-17,19,22H,1-2,11,15,18,20-21H2,3-8H3,(H,43,47)/t22-,34?/m1/s1. The van der Waals surface area contributed by atoms with E-state index in [1.807, 2.05) is 0 Å². The fourth-order valence-electron chi connectivity index (χ4n) is 4.72. The summed E-state index contributed by atoms with van der Waals surface area (Å²) in [6.45, 7) is 14.9. The molecule has 54 heavy (non-hydrogen) atoms. The van der Waals surface area contributed by atoms with Crippen LogP contribution in [0, 0.1) is 0 Å². The van der Waals surface area contributed by atoms with Crippen LogP contribution in [0.5, 0.6) is 5.88 Å². The van der Waals surface area contributed by atoms with Crippen molar-refractivity contribution >= 4 is 17.9 Å². The third-order valence-electron chi connectivity index (χ3n) is 7.32. The van der Waals surface area contributed by atoms with E-state index in [9.17, 15) is 27.9 Å². The van der Waals surface area contributed by atoms with E-state index >= 15 is 13.2 Å². The van der Waals surface area contributed by atoms with Gasteiger partial charge in [0, 0.05) is 0 Å². The number of hydrogen-bond donors (Lipinski definition) is 1. The van der Waals surface area contributed by atoms with Crippen molar-refractivity contribution in [1.29, 1.82) is 0 Å². The lowest BCUT2D eigenvalue weighted by molar-refractivity contribution is -0.299. The topological polar surface area (TPSA) is 146 Å². The number of nitrogens with zero attached hydrogens (tertiary/aromatic N) is 4. The van der Waals surface area contributed by atoms with E-state index in [-0.39, 0.29) is 30.1 Å². The highest BCUT2D eigenvalue weighted by molar-refractivity contribution is 6.11. The van der Waals surface area contributed by atoms with Crippen molar-refractivity contribution in [3.05, 3.63) is 78.7 Å². The van der Waals surface area contributed by atoms with E-state index in [4.69, 9.17) is 23.4 Å². The van der Waals surface area contributed by atoms with Crippen LogP contribution in [0.15, 0.2) is 66.1 Å². The molecule has 2 amide bonds. The van der Waals surface area contributed by atoms with Crippen molar-refractivity contribution in [1.82, 2.24) is 15.2 Å². The average molecular weight is 773 g/mol. The highest BCUT2D eigenvalue weighted by Crippen LogP contribution is 2.47. The fraction of sp³-hybridized carbons (Fsp3) is 0.472. The smallest absolute Gasteiger partial charge is 0.426 e. The zero-order valence-corrected chi connectivity index (χ0v) is 30.5. The Morgan fingerprint density at radius 1 is 0.963 bits per heavy atom. The predicted molar refractivity (Wildman–Crippen MR) is 182 cm³/mol. The number of carbonyl (C=O) groups is 2. The molecule has 3 aromatic rings. The summed E-state index contributed by atoms with van der Waals surface area (Å²) in [6, 6.07) is 7.95. The summed E-state index contributed by atoms with van der Waals surface area (Å²) in [5.41, 5.74) is -9.79. The summed E-state index contributed by atoms with van der Waals surface area (Å²) in [5.74, 6) is -3.94. The van der Waals surface area contributed by atoms with Gasteiger partial charge in [-0.25, -0.2) is 14.6 Å². The first-order valence-corrected chi connectivity index (χ1v) is 16.4. The summed E-state index contributed by atoms with van der Waals surface area (Å²) in [4.78, 5) is 31.0. The largest absolute Gasteiger partial charge is 0.493 e. The highest BCUT2D eigenvalue weighted by Gasteiger charge is 2.61. The Morgan fingerprint density at radius 3 is 2.15 bits per heavy atom. The van der Waals surface area contributed by atoms with Gasteiger partial charge in [-0.2, -0.15) is 31.2 Å². The lowest BCUT2D eigenvalue weighted by Gasteiger charge is -2.32. The Hall–Kier alpha value is -4.97. The molecule has 0 aliphatic heterocycles. The molecule has 2 atom stereocenters. The summed E-state index contributed by atoms with van der Waals surface area (Å²) in [6.07, 6.45) is -12.1. The molecule has 0 fully saturated rings. The van der Waals surface area contributed by atoms with Crippen LogP contribution in [0.3, 0.4) is 0 Å². The minimum Gasteiger partial charge on any atom is -0.493 e. The molecule has 18 heteroatoms. The molecular weight excluding hydrogens is 730 g/mol. The van der Waals surface area contributed by atoms with E-state index in [0.717, 1.165) is 0 Å². The third-order valence-corrected chi connectivity index (χ3v) is 7.32. The molecule has 0 aliphatic carbocycles. The van der Waals surface area contributed by atoms with E-state index in [1.54, 1.807) is 31.2 Å². The molecular formula is C36H42F6N4O8. The zero-order chi connectivity index (χ0) is 40.7. The molecule has 12 nitrogen and oxygen atoms in total. The third kappa shape index (κ3) is 11.0. The fourth-order valence-corrected chi connectivity index (χ4v) is 4.72. The van der Waals surface area contributed by atoms with Crippen molar-refractivity contribution in [2.75, 3.05) is 11.5 Å². The van der Waals surface area contributed by atoms with Crippen LogP contribution in [0.2, 0.25) is 0 Å². The van der Waals surface area contributed by atoms with Gasteiger partial charge in [-0.05, 0) is 72.4 Å². The second-order valence-corrected chi connectivity index (χ2v) is 13.7. The number of pyridine rings is 1. The number of amides is 2. The number of aromatic hydroxyl groups is 1. The Bertz CT molecular complexity index is 1770. The van der Waals surface area contributed by atoms with Gasteiger partial charge in [0.05, 0.1) is 25.0 Å². The van der Waals surface area contributed by atoms with Gasteiger partial charge >= 0.3 is 24.5 Å². The number of ether oxygens (including phenoxy) is 4. The normalized spacial score (nSPS) is 14.1. The first kappa shape index (κ1) is 43.4. The number of carbonyl (C=O) groups excluding carboxylic acids is 2. The van der Waals surface area contributed by atoms with Gasteiger partial charge in [-0.3, -0.25) is 0 Å². The molecule has 0 saturated heterocycles. The summed E-state index contributed by atoms with van der Waals surface area (Å²) >= 11 is 0. The Morgan fingerprint density at radius 2 is 1.59 bits per heavy atom. The monoisotopic (exact) mass is 772 g/mol. The minimum absolute atomic E-state index is 0.0156. The van der Waals surface area contributed by atoms with Crippen molar-refractivity contribution < 1.29 is 64.4 Å². The van der Waals surface area contributed by atoms with E-state index < -0.39 is 89.0 Å². The number of imide groups is 1. The highest BCUT2D eigenvalue weighted by atomic mass is 19.4. The maximum atomic E-state index is 15.0. The van der Waals surface area contributed by atoms with E-state index in [0.29, 0.717) is 12.0 Å². The van der Waals surface area contributed by atoms with Gasteiger partial charge < -0.3 is 28.5 Å². The predicted octanol–water partition coefficient (Wildman–Crippen LogP) is 9.43. The number of alkyl halides is 6. The maximum Gasteiger partial charge on any atom is 0.426 e. The van der Waals surface area contributed by atoms with Gasteiger partial charge in [0.2, 0.25) is 11.5 Å². The van der Waals surface area contributed by atoms with Crippen LogP contribution >= 0.6 is 0 Å². The number of rotatable bonds is 15. The first-order valence-electron chi connectivity index (χ1n) is 16.4. The minimum atomic E-state index is -5.33. The van der Waals surface area contributed by atoms with E-state index in [1.165, 1.54) is 52.8 Å². The molecule has 1 unspecified atom stereocenters. The number of benzene rings is 1. The number of anilines is 1. The van der Waals surface area contributed by atoms with Gasteiger partial charge in [-0.1, -0.05) is 42.5 Å². The quantitative estimate of drug-likeness (QED) is 0.116. The van der Waals surface area contributed by atoms with Gasteiger partial charge in [0.25, 0.3) is 11.8 Å². The number of hydrogen-bond acceptors (Lipinski definition) is 11. The van der Waals surface area contributed by atoms with Crippen LogP contribution in [0.4, 0.5) is 41.6 Å². The molecule has 0 saturated carbocycles. The van der Waals surface area contributed by atoms with Crippen LogP contribution < -0.4 is 4.90 Å². The SMILES string of the molecule is C=CCCC(OCc1ccccc1)(c1nnc(-c2nc(O)c(C(F)(F)F)cc2N(C(=O)OC(C)(C)C)C(=O)OC(C)(C)CO[C@H](C)CC=C)o1)C(F)(F)F. The Balaban J connectivity index is 2.28. The lowest BCUT2D eigenvalue weighted by atomic mass is 9.96. The first-order chi connectivity index (χ1) is 24.9.